The minimum absolute atomic E-state index is 0.492. The standard InChI is InChI=1S/C15H22F2N2/c1-2-4-15-11-19(6-3-5-18-15)10-12-7-13(16)9-14(17)8-12/h7-9,15,18H,2-6,10-11H2,1H3. The predicted octanol–water partition coefficient (Wildman–Crippen LogP) is 2.93. The summed E-state index contributed by atoms with van der Waals surface area (Å²) < 4.78 is 26.4. The maximum Gasteiger partial charge on any atom is 0.126 e. The molecule has 0 saturated carbocycles. The molecule has 1 fully saturated rings. The monoisotopic (exact) mass is 268 g/mol. The van der Waals surface area contributed by atoms with E-state index in [1.54, 1.807) is 0 Å². The van der Waals surface area contributed by atoms with E-state index in [2.05, 4.69) is 17.1 Å². The quantitative estimate of drug-likeness (QED) is 0.903. The lowest BCUT2D eigenvalue weighted by atomic mass is 10.1. The highest BCUT2D eigenvalue weighted by molar-refractivity contribution is 5.17. The molecule has 1 saturated heterocycles. The number of hydrogen-bond donors (Lipinski definition) is 1. The third kappa shape index (κ3) is 4.55. The van der Waals surface area contributed by atoms with Gasteiger partial charge >= 0.3 is 0 Å². The van der Waals surface area contributed by atoms with E-state index in [9.17, 15) is 8.78 Å². The Morgan fingerprint density at radius 1 is 1.26 bits per heavy atom. The average molecular weight is 268 g/mol. The smallest absolute Gasteiger partial charge is 0.126 e. The Kier molecular flexibility index (Phi) is 5.28. The zero-order valence-corrected chi connectivity index (χ0v) is 11.5. The van der Waals surface area contributed by atoms with Gasteiger partial charge in [-0.05, 0) is 43.6 Å². The van der Waals surface area contributed by atoms with Crippen LogP contribution in [0.15, 0.2) is 18.2 Å². The Labute approximate surface area is 113 Å². The zero-order valence-electron chi connectivity index (χ0n) is 11.5. The lowest BCUT2D eigenvalue weighted by Crippen LogP contribution is -2.37. The van der Waals surface area contributed by atoms with Gasteiger partial charge in [0.15, 0.2) is 0 Å². The number of hydrogen-bond acceptors (Lipinski definition) is 2. The van der Waals surface area contributed by atoms with E-state index in [1.807, 2.05) is 0 Å². The van der Waals surface area contributed by atoms with Gasteiger partial charge in [0.1, 0.15) is 11.6 Å². The van der Waals surface area contributed by atoms with Crippen LogP contribution in [0.3, 0.4) is 0 Å². The summed E-state index contributed by atoms with van der Waals surface area (Å²) in [5, 5.41) is 3.53. The van der Waals surface area contributed by atoms with Gasteiger partial charge in [-0.1, -0.05) is 13.3 Å². The van der Waals surface area contributed by atoms with Crippen molar-refractivity contribution >= 4 is 0 Å². The molecule has 1 aliphatic rings. The highest BCUT2D eigenvalue weighted by atomic mass is 19.1. The Bertz CT molecular complexity index is 389. The first-order valence-corrected chi connectivity index (χ1v) is 7.08. The second-order valence-electron chi connectivity index (χ2n) is 5.31. The van der Waals surface area contributed by atoms with Gasteiger partial charge in [0, 0.05) is 25.2 Å². The molecule has 1 heterocycles. The van der Waals surface area contributed by atoms with E-state index in [4.69, 9.17) is 0 Å². The second kappa shape index (κ2) is 6.96. The average Bonchev–Trinajstić information content (AvgIpc) is 2.53. The van der Waals surface area contributed by atoms with Crippen LogP contribution >= 0.6 is 0 Å². The summed E-state index contributed by atoms with van der Waals surface area (Å²) in [6, 6.07) is 4.27. The van der Waals surface area contributed by atoms with Gasteiger partial charge in [-0.3, -0.25) is 4.90 Å². The minimum Gasteiger partial charge on any atom is -0.313 e. The summed E-state index contributed by atoms with van der Waals surface area (Å²) in [4.78, 5) is 2.29. The van der Waals surface area contributed by atoms with Crippen molar-refractivity contribution in [2.75, 3.05) is 19.6 Å². The van der Waals surface area contributed by atoms with E-state index in [1.165, 1.54) is 12.1 Å². The van der Waals surface area contributed by atoms with Gasteiger partial charge < -0.3 is 5.32 Å². The van der Waals surface area contributed by atoms with Crippen molar-refractivity contribution in [2.45, 2.75) is 38.8 Å². The SMILES string of the molecule is CCCC1CN(Cc2cc(F)cc(F)c2)CCCN1. The molecule has 2 nitrogen and oxygen atoms in total. The van der Waals surface area contributed by atoms with E-state index in [0.29, 0.717) is 12.6 Å². The molecule has 0 aliphatic carbocycles. The number of halogens is 2. The molecule has 4 heteroatoms. The van der Waals surface area contributed by atoms with Crippen molar-refractivity contribution in [1.29, 1.82) is 0 Å². The first kappa shape index (κ1) is 14.4. The molecular formula is C15H22F2N2. The molecule has 1 N–H and O–H groups in total. The lowest BCUT2D eigenvalue weighted by Gasteiger charge is -2.24. The van der Waals surface area contributed by atoms with E-state index in [-0.39, 0.29) is 0 Å². The highest BCUT2D eigenvalue weighted by Gasteiger charge is 2.17. The molecule has 0 amide bonds. The van der Waals surface area contributed by atoms with Crippen molar-refractivity contribution in [1.82, 2.24) is 10.2 Å². The first-order valence-electron chi connectivity index (χ1n) is 7.08. The third-order valence-corrected chi connectivity index (χ3v) is 3.53. The van der Waals surface area contributed by atoms with Crippen LogP contribution in [0, 0.1) is 11.6 Å². The van der Waals surface area contributed by atoms with E-state index < -0.39 is 11.6 Å². The molecule has 1 unspecified atom stereocenters. The molecule has 1 aromatic carbocycles. The molecule has 0 aromatic heterocycles. The van der Waals surface area contributed by atoms with Gasteiger partial charge in [0.05, 0.1) is 0 Å². The topological polar surface area (TPSA) is 15.3 Å². The second-order valence-corrected chi connectivity index (χ2v) is 5.31. The van der Waals surface area contributed by atoms with Gasteiger partial charge in [-0.2, -0.15) is 0 Å². The fraction of sp³-hybridized carbons (Fsp3) is 0.600. The van der Waals surface area contributed by atoms with Crippen LogP contribution in [0.2, 0.25) is 0 Å². The van der Waals surface area contributed by atoms with Crippen molar-refractivity contribution in [3.8, 4) is 0 Å². The Balaban J connectivity index is 1.99. The van der Waals surface area contributed by atoms with Crippen LogP contribution in [0.4, 0.5) is 8.78 Å². The summed E-state index contributed by atoms with van der Waals surface area (Å²) in [5.41, 5.74) is 0.717. The van der Waals surface area contributed by atoms with Gasteiger partial charge in [0.2, 0.25) is 0 Å². The van der Waals surface area contributed by atoms with Crippen LogP contribution in [0.5, 0.6) is 0 Å². The Morgan fingerprint density at radius 3 is 2.68 bits per heavy atom. The highest BCUT2D eigenvalue weighted by Crippen LogP contribution is 2.13. The summed E-state index contributed by atoms with van der Waals surface area (Å²) in [6.07, 6.45) is 3.38. The first-order chi connectivity index (χ1) is 9.17. The van der Waals surface area contributed by atoms with Gasteiger partial charge in [0.25, 0.3) is 0 Å². The molecule has 1 atom stereocenters. The molecule has 106 valence electrons. The molecule has 19 heavy (non-hydrogen) atoms. The van der Waals surface area contributed by atoms with E-state index in [0.717, 1.165) is 50.5 Å². The molecule has 1 aromatic rings. The van der Waals surface area contributed by atoms with Crippen LogP contribution in [-0.2, 0) is 6.54 Å². The van der Waals surface area contributed by atoms with E-state index >= 15 is 0 Å². The Morgan fingerprint density at radius 2 is 2.00 bits per heavy atom. The molecule has 0 bridgehead atoms. The lowest BCUT2D eigenvalue weighted by molar-refractivity contribution is 0.254. The molecule has 2 rings (SSSR count). The molecule has 0 spiro atoms. The van der Waals surface area contributed by atoms with Crippen molar-refractivity contribution < 1.29 is 8.78 Å². The fourth-order valence-electron chi connectivity index (χ4n) is 2.72. The Hall–Kier alpha value is -1.00. The number of nitrogens with zero attached hydrogens (tertiary/aromatic N) is 1. The number of benzene rings is 1. The van der Waals surface area contributed by atoms with Crippen LogP contribution in [-0.4, -0.2) is 30.6 Å². The summed E-state index contributed by atoms with van der Waals surface area (Å²) in [7, 11) is 0. The summed E-state index contributed by atoms with van der Waals surface area (Å²) in [5.74, 6) is -0.985. The molecule has 0 radical (unpaired) electrons. The maximum absolute atomic E-state index is 13.2. The van der Waals surface area contributed by atoms with Crippen LogP contribution in [0.25, 0.3) is 0 Å². The van der Waals surface area contributed by atoms with Crippen molar-refractivity contribution in [3.63, 3.8) is 0 Å². The maximum atomic E-state index is 13.2. The zero-order chi connectivity index (χ0) is 13.7. The number of rotatable bonds is 4. The molecule has 1 aliphatic heterocycles. The fourth-order valence-corrected chi connectivity index (χ4v) is 2.72. The van der Waals surface area contributed by atoms with Crippen molar-refractivity contribution in [3.05, 3.63) is 35.4 Å². The van der Waals surface area contributed by atoms with Gasteiger partial charge in [-0.15, -0.1) is 0 Å². The summed E-state index contributed by atoms with van der Waals surface area (Å²) >= 11 is 0. The third-order valence-electron chi connectivity index (χ3n) is 3.53. The van der Waals surface area contributed by atoms with Gasteiger partial charge in [-0.25, -0.2) is 8.78 Å². The largest absolute Gasteiger partial charge is 0.313 e. The normalized spacial score (nSPS) is 21.3. The predicted molar refractivity (Wildman–Crippen MR) is 73.0 cm³/mol. The molecular weight excluding hydrogens is 246 g/mol. The van der Waals surface area contributed by atoms with Crippen LogP contribution < -0.4 is 5.32 Å². The van der Waals surface area contributed by atoms with Crippen molar-refractivity contribution in [2.24, 2.45) is 0 Å². The number of nitrogens with one attached hydrogen (secondary N) is 1. The minimum atomic E-state index is -0.493. The summed E-state index contributed by atoms with van der Waals surface area (Å²) in [6.45, 7) is 5.76. The van der Waals surface area contributed by atoms with Crippen LogP contribution in [0.1, 0.15) is 31.7 Å².